The molecule has 9 nitrogen and oxygen atoms in total. The van der Waals surface area contributed by atoms with Crippen molar-refractivity contribution in [3.05, 3.63) is 80.1 Å². The van der Waals surface area contributed by atoms with Gasteiger partial charge in [-0.3, -0.25) is 14.4 Å². The van der Waals surface area contributed by atoms with Gasteiger partial charge in [-0.05, 0) is 96.1 Å². The number of hydrazone groups is 1. The smallest absolute Gasteiger partial charge is 0.329 e. The molecule has 3 aromatic carbocycles. The monoisotopic (exact) mass is 652 g/mol. The van der Waals surface area contributed by atoms with Crippen LogP contribution in [0.1, 0.15) is 18.1 Å². The molecular weight excluding hydrogens is 630 g/mol. The minimum absolute atomic E-state index is 0.262. The van der Waals surface area contributed by atoms with Gasteiger partial charge in [0.2, 0.25) is 0 Å². The van der Waals surface area contributed by atoms with Crippen LogP contribution in [0.15, 0.2) is 59.7 Å². The van der Waals surface area contributed by atoms with Crippen LogP contribution in [-0.4, -0.2) is 37.1 Å². The average molecular weight is 653 g/mol. The van der Waals surface area contributed by atoms with Crippen LogP contribution in [0.4, 0.5) is 15.8 Å². The highest BCUT2D eigenvalue weighted by Crippen LogP contribution is 2.34. The quantitative estimate of drug-likeness (QED) is 0.132. The summed E-state index contributed by atoms with van der Waals surface area (Å²) in [6.45, 7) is 3.71. The number of nitrogens with one attached hydrogen (secondary N) is 3. The molecule has 0 unspecified atom stereocenters. The van der Waals surface area contributed by atoms with Crippen molar-refractivity contribution in [3.63, 3.8) is 0 Å². The molecule has 0 aliphatic heterocycles. The fraction of sp³-hybridized carbons (Fsp3) is 0.154. The third-order valence-corrected chi connectivity index (χ3v) is 5.88. The molecule has 0 aliphatic rings. The number of hydrogen-bond donors (Lipinski definition) is 3. The second kappa shape index (κ2) is 13.7. The van der Waals surface area contributed by atoms with Crippen molar-refractivity contribution in [2.45, 2.75) is 13.8 Å². The summed E-state index contributed by atoms with van der Waals surface area (Å²) in [7, 11) is 0. The summed E-state index contributed by atoms with van der Waals surface area (Å²) < 4.78 is 25.0. The number of aryl methyl sites for hydroxylation is 1. The van der Waals surface area contributed by atoms with Gasteiger partial charge in [0, 0.05) is 16.4 Å². The second-order valence-corrected chi connectivity index (χ2v) is 9.32. The number of halogens is 3. The number of benzene rings is 3. The van der Waals surface area contributed by atoms with E-state index in [9.17, 15) is 18.8 Å². The Hall–Kier alpha value is -3.71. The first-order chi connectivity index (χ1) is 18.2. The Morgan fingerprint density at radius 3 is 2.47 bits per heavy atom. The van der Waals surface area contributed by atoms with Crippen molar-refractivity contribution in [2.24, 2.45) is 5.10 Å². The standard InChI is InChI=1S/C26H23ClFIN4O5/c1-3-37-22-11-16(13-30-33-26(36)25(35)31-19-8-6-18(28)7-9-19)10-20(29)24(22)38-14-23(34)32-21-12-17(27)5-4-15(21)2/h4-13H,3,14H2,1-2H3,(H,31,35)(H,32,34)(H,33,36)/b30-13-. The topological polar surface area (TPSA) is 118 Å². The SMILES string of the molecule is CCOc1cc(/C=N\NC(=O)C(=O)Nc2ccc(F)cc2)cc(I)c1OCC(=O)Nc1cc(Cl)ccc1C. The number of nitrogens with zero attached hydrogens (tertiary/aromatic N) is 1. The maximum absolute atomic E-state index is 13.0. The molecule has 3 N–H and O–H groups in total. The zero-order valence-corrected chi connectivity index (χ0v) is 23.2. The zero-order chi connectivity index (χ0) is 27.7. The first kappa shape index (κ1) is 28.9. The van der Waals surface area contributed by atoms with Crippen molar-refractivity contribution < 1.29 is 28.2 Å². The van der Waals surface area contributed by atoms with Gasteiger partial charge in [0.15, 0.2) is 18.1 Å². The minimum Gasteiger partial charge on any atom is -0.490 e. The summed E-state index contributed by atoms with van der Waals surface area (Å²) in [5.41, 5.74) is 4.38. The molecule has 0 radical (unpaired) electrons. The molecule has 0 aromatic heterocycles. The van der Waals surface area contributed by atoms with Crippen molar-refractivity contribution in [1.29, 1.82) is 0 Å². The fourth-order valence-corrected chi connectivity index (χ4v) is 4.01. The summed E-state index contributed by atoms with van der Waals surface area (Å²) in [6, 6.07) is 13.5. The Morgan fingerprint density at radius 1 is 1.03 bits per heavy atom. The number of carbonyl (C=O) groups is 3. The number of ether oxygens (including phenoxy) is 2. The number of hydrogen-bond acceptors (Lipinski definition) is 6. The normalized spacial score (nSPS) is 10.7. The van der Waals surface area contributed by atoms with Gasteiger partial charge in [0.05, 0.1) is 16.4 Å². The Bertz CT molecular complexity index is 1370. The Kier molecular flexibility index (Phi) is 10.4. The molecule has 0 heterocycles. The molecule has 198 valence electrons. The van der Waals surface area contributed by atoms with Gasteiger partial charge in [0.25, 0.3) is 5.91 Å². The Morgan fingerprint density at radius 2 is 1.76 bits per heavy atom. The predicted octanol–water partition coefficient (Wildman–Crippen LogP) is 4.90. The molecule has 0 aliphatic carbocycles. The number of rotatable bonds is 9. The third-order valence-electron chi connectivity index (χ3n) is 4.84. The van der Waals surface area contributed by atoms with Gasteiger partial charge >= 0.3 is 11.8 Å². The maximum Gasteiger partial charge on any atom is 0.329 e. The van der Waals surface area contributed by atoms with E-state index in [1.54, 1.807) is 37.3 Å². The lowest BCUT2D eigenvalue weighted by atomic mass is 10.2. The Labute approximate surface area is 236 Å². The Balaban J connectivity index is 1.62. The molecular formula is C26H23ClFIN4O5. The zero-order valence-electron chi connectivity index (χ0n) is 20.3. The maximum atomic E-state index is 13.0. The van der Waals surface area contributed by atoms with E-state index < -0.39 is 17.6 Å². The lowest BCUT2D eigenvalue weighted by Gasteiger charge is -2.15. The van der Waals surface area contributed by atoms with E-state index in [1.807, 2.05) is 29.5 Å². The van der Waals surface area contributed by atoms with E-state index in [0.29, 0.717) is 37.9 Å². The van der Waals surface area contributed by atoms with Crippen LogP contribution in [0.25, 0.3) is 0 Å². The third kappa shape index (κ3) is 8.42. The molecule has 0 saturated carbocycles. The number of anilines is 2. The summed E-state index contributed by atoms with van der Waals surface area (Å²) in [4.78, 5) is 36.5. The van der Waals surface area contributed by atoms with Gasteiger partial charge in [-0.15, -0.1) is 0 Å². The molecule has 0 atom stereocenters. The largest absolute Gasteiger partial charge is 0.490 e. The van der Waals surface area contributed by atoms with Crippen molar-refractivity contribution in [2.75, 3.05) is 23.8 Å². The minimum atomic E-state index is -1.01. The first-order valence-electron chi connectivity index (χ1n) is 11.2. The van der Waals surface area contributed by atoms with Crippen LogP contribution in [0.3, 0.4) is 0 Å². The molecule has 0 saturated heterocycles. The first-order valence-corrected chi connectivity index (χ1v) is 12.7. The second-order valence-electron chi connectivity index (χ2n) is 7.72. The van der Waals surface area contributed by atoms with Crippen LogP contribution < -0.4 is 25.5 Å². The van der Waals surface area contributed by atoms with Crippen LogP contribution >= 0.6 is 34.2 Å². The van der Waals surface area contributed by atoms with Crippen LogP contribution in [0.2, 0.25) is 5.02 Å². The van der Waals surface area contributed by atoms with E-state index in [4.69, 9.17) is 21.1 Å². The highest BCUT2D eigenvalue weighted by molar-refractivity contribution is 14.1. The summed E-state index contributed by atoms with van der Waals surface area (Å²) in [6.07, 6.45) is 1.33. The van der Waals surface area contributed by atoms with E-state index in [-0.39, 0.29) is 18.2 Å². The molecule has 3 aromatic rings. The lowest BCUT2D eigenvalue weighted by molar-refractivity contribution is -0.136. The van der Waals surface area contributed by atoms with Crippen LogP contribution in [0, 0.1) is 16.3 Å². The molecule has 0 bridgehead atoms. The van der Waals surface area contributed by atoms with E-state index >= 15 is 0 Å². The predicted molar refractivity (Wildman–Crippen MR) is 151 cm³/mol. The highest BCUT2D eigenvalue weighted by atomic mass is 127. The summed E-state index contributed by atoms with van der Waals surface area (Å²) in [5, 5.41) is 9.41. The summed E-state index contributed by atoms with van der Waals surface area (Å²) >= 11 is 8.03. The summed E-state index contributed by atoms with van der Waals surface area (Å²) in [5.74, 6) is -2.08. The van der Waals surface area contributed by atoms with Gasteiger partial charge in [-0.25, -0.2) is 9.82 Å². The molecule has 0 spiro atoms. The van der Waals surface area contributed by atoms with Crippen molar-refractivity contribution in [1.82, 2.24) is 5.43 Å². The molecule has 0 fully saturated rings. The molecule has 3 rings (SSSR count). The van der Waals surface area contributed by atoms with Crippen LogP contribution in [0.5, 0.6) is 11.5 Å². The van der Waals surface area contributed by atoms with Gasteiger partial charge in [-0.2, -0.15) is 5.10 Å². The van der Waals surface area contributed by atoms with Crippen molar-refractivity contribution >= 4 is 69.5 Å². The van der Waals surface area contributed by atoms with E-state index in [2.05, 4.69) is 21.2 Å². The average Bonchev–Trinajstić information content (AvgIpc) is 2.87. The lowest BCUT2D eigenvalue weighted by Crippen LogP contribution is -2.32. The molecule has 12 heteroatoms. The molecule has 38 heavy (non-hydrogen) atoms. The number of carbonyl (C=O) groups excluding carboxylic acids is 3. The highest BCUT2D eigenvalue weighted by Gasteiger charge is 2.16. The van der Waals surface area contributed by atoms with E-state index in [0.717, 1.165) is 17.7 Å². The van der Waals surface area contributed by atoms with Gasteiger partial charge < -0.3 is 20.1 Å². The van der Waals surface area contributed by atoms with Gasteiger partial charge in [-0.1, -0.05) is 17.7 Å². The van der Waals surface area contributed by atoms with Gasteiger partial charge in [0.1, 0.15) is 5.82 Å². The molecule has 3 amide bonds. The fourth-order valence-electron chi connectivity index (χ4n) is 3.06. The van der Waals surface area contributed by atoms with Crippen LogP contribution in [-0.2, 0) is 14.4 Å². The number of amides is 3. The van der Waals surface area contributed by atoms with Crippen molar-refractivity contribution in [3.8, 4) is 11.5 Å². The van der Waals surface area contributed by atoms with E-state index in [1.165, 1.54) is 18.3 Å².